The molecule has 4 aromatic rings. The molecule has 0 aliphatic carbocycles. The largest absolute Gasteiger partial charge is 0.496 e. The number of hydrogen-bond acceptors (Lipinski definition) is 2. The highest BCUT2D eigenvalue weighted by Gasteiger charge is 2.23. The molecule has 1 atom stereocenters. The van der Waals surface area contributed by atoms with Gasteiger partial charge in [0.2, 0.25) is 0 Å². The van der Waals surface area contributed by atoms with Crippen LogP contribution < -0.4 is 20.2 Å². The van der Waals surface area contributed by atoms with Gasteiger partial charge in [0.05, 0.1) is 28.2 Å². The average molecular weight is 492 g/mol. The summed E-state index contributed by atoms with van der Waals surface area (Å²) in [6, 6.07) is 21.5. The monoisotopic (exact) mass is 491 g/mol. The van der Waals surface area contributed by atoms with Crippen molar-refractivity contribution in [3.63, 3.8) is 0 Å². The normalized spacial score (nSPS) is 13.5. The molecule has 0 bridgehead atoms. The van der Waals surface area contributed by atoms with Gasteiger partial charge in [-0.3, -0.25) is 0 Å². The van der Waals surface area contributed by atoms with Gasteiger partial charge < -0.3 is 4.74 Å². The Hall–Kier alpha value is -2.26. The van der Waals surface area contributed by atoms with E-state index < -0.39 is 27.1 Å². The lowest BCUT2D eigenvalue weighted by Gasteiger charge is -2.21. The summed E-state index contributed by atoms with van der Waals surface area (Å²) < 4.78 is 18.5. The molecule has 0 radical (unpaired) electrons. The van der Waals surface area contributed by atoms with E-state index in [1.165, 1.54) is 10.4 Å². The fourth-order valence-electron chi connectivity index (χ4n) is 4.41. The molecule has 3 nitrogen and oxygen atoms in total. The van der Waals surface area contributed by atoms with E-state index in [1.807, 2.05) is 18.2 Å². The Bertz CT molecular complexity index is 1400. The maximum atomic E-state index is 12.7. The van der Waals surface area contributed by atoms with Crippen LogP contribution in [-0.4, -0.2) is 27.5 Å². The number of hydrogen-bond donors (Lipinski definition) is 1. The van der Waals surface area contributed by atoms with Crippen LogP contribution in [0, 0.1) is 0 Å². The fourth-order valence-corrected chi connectivity index (χ4v) is 7.37. The van der Waals surface area contributed by atoms with Crippen LogP contribution in [0.2, 0.25) is 39.3 Å². The molecule has 172 valence electrons. The van der Waals surface area contributed by atoms with Crippen LogP contribution >= 0.6 is 0 Å². The molecule has 0 heterocycles. The van der Waals surface area contributed by atoms with Crippen LogP contribution in [0.15, 0.2) is 65.6 Å². The Kier molecular flexibility index (Phi) is 6.16. The minimum atomic E-state index is -1.63. The second kappa shape index (κ2) is 8.51. The molecule has 33 heavy (non-hydrogen) atoms. The molecule has 4 rings (SSSR count). The molecule has 0 aliphatic rings. The lowest BCUT2D eigenvalue weighted by Crippen LogP contribution is -2.37. The summed E-state index contributed by atoms with van der Waals surface area (Å²) in [5.74, 6) is 0.761. The van der Waals surface area contributed by atoms with Crippen molar-refractivity contribution in [3.05, 3.63) is 60.7 Å². The minimum absolute atomic E-state index is 0.628. The van der Waals surface area contributed by atoms with Crippen LogP contribution in [0.3, 0.4) is 0 Å². The van der Waals surface area contributed by atoms with Crippen molar-refractivity contribution in [2.24, 2.45) is 5.14 Å². The number of methoxy groups -OCH3 is 1. The number of fused-ring (bicyclic) bond motifs is 2. The van der Waals surface area contributed by atoms with Gasteiger partial charge in [-0.25, -0.2) is 9.35 Å². The molecule has 2 N–H and O–H groups in total. The summed E-state index contributed by atoms with van der Waals surface area (Å²) in [6.07, 6.45) is 0. The Morgan fingerprint density at radius 2 is 1.18 bits per heavy atom. The quantitative estimate of drug-likeness (QED) is 0.362. The van der Waals surface area contributed by atoms with Gasteiger partial charge in [0.1, 0.15) is 16.7 Å². The van der Waals surface area contributed by atoms with Crippen LogP contribution in [0.25, 0.3) is 32.7 Å². The highest BCUT2D eigenvalue weighted by atomic mass is 32.2. The minimum Gasteiger partial charge on any atom is -0.496 e. The van der Waals surface area contributed by atoms with E-state index in [4.69, 9.17) is 9.88 Å². The zero-order valence-corrected chi connectivity index (χ0v) is 23.4. The van der Waals surface area contributed by atoms with E-state index in [2.05, 4.69) is 81.7 Å². The van der Waals surface area contributed by atoms with E-state index in [9.17, 15) is 4.21 Å². The first-order valence-corrected chi connectivity index (χ1v) is 19.5. The molecule has 0 aliphatic heterocycles. The van der Waals surface area contributed by atoms with Gasteiger partial charge >= 0.3 is 0 Å². The van der Waals surface area contributed by atoms with Crippen LogP contribution in [-0.2, 0) is 11.0 Å². The Balaban J connectivity index is 2.13. The van der Waals surface area contributed by atoms with Crippen molar-refractivity contribution in [2.75, 3.05) is 7.11 Å². The summed E-state index contributed by atoms with van der Waals surface area (Å²) in [5, 5.41) is 13.2. The van der Waals surface area contributed by atoms with Crippen LogP contribution in [0.4, 0.5) is 0 Å². The summed E-state index contributed by atoms with van der Waals surface area (Å²) in [4.78, 5) is 0.628. The van der Waals surface area contributed by atoms with E-state index in [0.717, 1.165) is 38.4 Å². The van der Waals surface area contributed by atoms with E-state index in [0.29, 0.717) is 4.90 Å². The van der Waals surface area contributed by atoms with Gasteiger partial charge in [-0.1, -0.05) is 98.2 Å². The van der Waals surface area contributed by atoms with Crippen LogP contribution in [0.1, 0.15) is 0 Å². The van der Waals surface area contributed by atoms with Gasteiger partial charge in [0.15, 0.2) is 0 Å². The molecule has 0 aromatic heterocycles. The van der Waals surface area contributed by atoms with Gasteiger partial charge in [-0.2, -0.15) is 0 Å². The Morgan fingerprint density at radius 3 is 1.64 bits per heavy atom. The van der Waals surface area contributed by atoms with Crippen molar-refractivity contribution in [1.29, 1.82) is 0 Å². The third-order valence-corrected chi connectivity index (χ3v) is 11.2. The molecular formula is C27H33NO2SSi2. The first kappa shape index (κ1) is 23.9. The molecular weight excluding hydrogens is 459 g/mol. The Labute approximate surface area is 201 Å². The van der Waals surface area contributed by atoms with Crippen molar-refractivity contribution in [1.82, 2.24) is 0 Å². The molecule has 1 unspecified atom stereocenters. The molecule has 4 aromatic carbocycles. The summed E-state index contributed by atoms with van der Waals surface area (Å²) in [6.45, 7) is 14.1. The lowest BCUT2D eigenvalue weighted by molar-refractivity contribution is 0.417. The van der Waals surface area contributed by atoms with E-state index in [1.54, 1.807) is 7.11 Å². The lowest BCUT2D eigenvalue weighted by atomic mass is 9.93. The zero-order valence-electron chi connectivity index (χ0n) is 20.6. The highest BCUT2D eigenvalue weighted by molar-refractivity contribution is 7.82. The van der Waals surface area contributed by atoms with Crippen molar-refractivity contribution in [2.45, 2.75) is 44.2 Å². The van der Waals surface area contributed by atoms with Gasteiger partial charge in [0, 0.05) is 11.1 Å². The molecule has 0 fully saturated rings. The van der Waals surface area contributed by atoms with Gasteiger partial charge in [-0.15, -0.1) is 0 Å². The summed E-state index contributed by atoms with van der Waals surface area (Å²) in [5.41, 5.74) is 1.86. The SMILES string of the molecule is COc1ccc2cc([Si](C)(C)C)ccc2c1-c1c(S(N)=O)ccc2cc([Si](C)(C)C)ccc12. The number of rotatable bonds is 5. The maximum Gasteiger partial charge on any atom is 0.127 e. The van der Waals surface area contributed by atoms with Gasteiger partial charge in [-0.05, 0) is 33.7 Å². The predicted molar refractivity (Wildman–Crippen MR) is 150 cm³/mol. The third kappa shape index (κ3) is 4.45. The van der Waals surface area contributed by atoms with Gasteiger partial charge in [0.25, 0.3) is 0 Å². The number of benzene rings is 4. The van der Waals surface area contributed by atoms with Crippen LogP contribution in [0.5, 0.6) is 5.75 Å². The second-order valence-electron chi connectivity index (χ2n) is 10.8. The topological polar surface area (TPSA) is 52.3 Å². The molecule has 0 saturated heterocycles. The molecule has 0 saturated carbocycles. The molecule has 0 amide bonds. The maximum absolute atomic E-state index is 12.7. The molecule has 6 heteroatoms. The zero-order chi connectivity index (χ0) is 24.1. The first-order chi connectivity index (χ1) is 15.4. The highest BCUT2D eigenvalue weighted by Crippen LogP contribution is 2.43. The number of ether oxygens (including phenoxy) is 1. The second-order valence-corrected chi connectivity index (χ2v) is 21.9. The summed E-state index contributed by atoms with van der Waals surface area (Å²) >= 11 is 0. The van der Waals surface area contributed by atoms with Crippen molar-refractivity contribution >= 4 is 59.1 Å². The standard InChI is InChI=1S/C27H33NO2SSi2/c1-30-24-14-8-18-16-20(32(2,3)4)10-12-22(18)26(24)27-23-13-11-21(33(5,6)7)17-19(23)9-15-25(27)31(28)29/h8-17H,28H2,1-7H3. The fraction of sp³-hybridized carbons (Fsp3) is 0.259. The smallest absolute Gasteiger partial charge is 0.127 e. The Morgan fingerprint density at radius 1 is 0.697 bits per heavy atom. The molecule has 0 spiro atoms. The van der Waals surface area contributed by atoms with Crippen molar-refractivity contribution in [3.8, 4) is 16.9 Å². The number of nitrogens with two attached hydrogens (primary N) is 1. The first-order valence-electron chi connectivity index (χ1n) is 11.3. The average Bonchev–Trinajstić information content (AvgIpc) is 2.75. The van der Waals surface area contributed by atoms with Crippen molar-refractivity contribution < 1.29 is 8.95 Å². The van der Waals surface area contributed by atoms with E-state index >= 15 is 0 Å². The van der Waals surface area contributed by atoms with E-state index in [-0.39, 0.29) is 0 Å². The predicted octanol–water partition coefficient (Wildman–Crippen LogP) is 5.74. The summed E-state index contributed by atoms with van der Waals surface area (Å²) in [7, 11) is -2.88. The third-order valence-electron chi connectivity index (χ3n) is 6.38.